The summed E-state index contributed by atoms with van der Waals surface area (Å²) in [5, 5.41) is 8.50. The standard InChI is InChI=1S/C7H10N2O2/c1-2-7(9,6(10)11)4-3-5-8/h1,3-4H,5,8-9H2,(H,10,11)/b4-3+. The minimum atomic E-state index is -1.72. The summed E-state index contributed by atoms with van der Waals surface area (Å²) in [5.41, 5.74) is 8.61. The molecule has 1 unspecified atom stereocenters. The van der Waals surface area contributed by atoms with Crippen molar-refractivity contribution >= 4 is 5.97 Å². The van der Waals surface area contributed by atoms with Gasteiger partial charge in [-0.3, -0.25) is 0 Å². The zero-order valence-corrected chi connectivity index (χ0v) is 5.95. The summed E-state index contributed by atoms with van der Waals surface area (Å²) in [7, 11) is 0. The third kappa shape index (κ3) is 2.42. The van der Waals surface area contributed by atoms with E-state index in [2.05, 4.69) is 0 Å². The maximum atomic E-state index is 10.4. The van der Waals surface area contributed by atoms with Crippen molar-refractivity contribution in [3.8, 4) is 12.3 Å². The molecule has 0 rings (SSSR count). The van der Waals surface area contributed by atoms with Crippen LogP contribution in [0, 0.1) is 12.3 Å². The molecule has 0 aliphatic carbocycles. The normalized spacial score (nSPS) is 15.7. The van der Waals surface area contributed by atoms with Gasteiger partial charge in [0.1, 0.15) is 0 Å². The van der Waals surface area contributed by atoms with Gasteiger partial charge < -0.3 is 16.6 Å². The van der Waals surface area contributed by atoms with Gasteiger partial charge in [0.15, 0.2) is 5.54 Å². The Morgan fingerprint density at radius 1 is 1.82 bits per heavy atom. The summed E-state index contributed by atoms with van der Waals surface area (Å²) in [5.74, 6) is 0.689. The van der Waals surface area contributed by atoms with Gasteiger partial charge in [-0.15, -0.1) is 6.42 Å². The van der Waals surface area contributed by atoms with E-state index in [4.69, 9.17) is 23.0 Å². The van der Waals surface area contributed by atoms with Crippen molar-refractivity contribution < 1.29 is 9.90 Å². The van der Waals surface area contributed by atoms with Gasteiger partial charge in [-0.25, -0.2) is 4.79 Å². The first-order chi connectivity index (χ1) is 5.06. The molecule has 0 heterocycles. The maximum Gasteiger partial charge on any atom is 0.340 e. The van der Waals surface area contributed by atoms with Crippen LogP contribution in [-0.2, 0) is 4.79 Å². The van der Waals surface area contributed by atoms with Crippen molar-refractivity contribution in [1.82, 2.24) is 0 Å². The summed E-state index contributed by atoms with van der Waals surface area (Å²) >= 11 is 0. The van der Waals surface area contributed by atoms with Crippen LogP contribution in [0.15, 0.2) is 12.2 Å². The molecule has 0 aromatic rings. The molecule has 0 saturated carbocycles. The maximum absolute atomic E-state index is 10.4. The number of hydrogen-bond donors (Lipinski definition) is 3. The Bertz CT molecular complexity index is 217. The molecule has 0 aliphatic rings. The molecule has 0 aliphatic heterocycles. The fraction of sp³-hybridized carbons (Fsp3) is 0.286. The second-order valence-electron chi connectivity index (χ2n) is 1.96. The number of aliphatic carboxylic acids is 1. The van der Waals surface area contributed by atoms with Crippen molar-refractivity contribution in [2.24, 2.45) is 11.5 Å². The lowest BCUT2D eigenvalue weighted by Crippen LogP contribution is -2.44. The zero-order valence-electron chi connectivity index (χ0n) is 5.95. The molecule has 0 spiro atoms. The van der Waals surface area contributed by atoms with Crippen LogP contribution >= 0.6 is 0 Å². The fourth-order valence-corrected chi connectivity index (χ4v) is 0.435. The van der Waals surface area contributed by atoms with Gasteiger partial charge >= 0.3 is 5.97 Å². The second-order valence-corrected chi connectivity index (χ2v) is 1.96. The number of rotatable bonds is 3. The predicted octanol–water partition coefficient (Wildman–Crippen LogP) is -1.08. The van der Waals surface area contributed by atoms with Gasteiger partial charge in [-0.2, -0.15) is 0 Å². The highest BCUT2D eigenvalue weighted by molar-refractivity contribution is 5.85. The van der Waals surface area contributed by atoms with Crippen molar-refractivity contribution in [3.63, 3.8) is 0 Å². The van der Waals surface area contributed by atoms with Crippen LogP contribution in [0.4, 0.5) is 0 Å². The molecule has 0 aromatic heterocycles. The molecular formula is C7H10N2O2. The van der Waals surface area contributed by atoms with Gasteiger partial charge in [0, 0.05) is 6.54 Å². The highest BCUT2D eigenvalue weighted by atomic mass is 16.4. The summed E-state index contributed by atoms with van der Waals surface area (Å²) in [6.45, 7) is 0.216. The van der Waals surface area contributed by atoms with E-state index in [1.54, 1.807) is 0 Å². The largest absolute Gasteiger partial charge is 0.479 e. The van der Waals surface area contributed by atoms with Crippen molar-refractivity contribution in [2.75, 3.05) is 6.54 Å². The Hall–Kier alpha value is -1.31. The molecule has 0 saturated heterocycles. The Morgan fingerprint density at radius 3 is 2.64 bits per heavy atom. The van der Waals surface area contributed by atoms with Crippen LogP contribution in [0.1, 0.15) is 0 Å². The first-order valence-corrected chi connectivity index (χ1v) is 2.94. The summed E-state index contributed by atoms with van der Waals surface area (Å²) in [6, 6.07) is 0. The highest BCUT2D eigenvalue weighted by Gasteiger charge is 2.27. The molecule has 60 valence electrons. The fourth-order valence-electron chi connectivity index (χ4n) is 0.435. The Balaban J connectivity index is 4.51. The quantitative estimate of drug-likeness (QED) is 0.356. The van der Waals surface area contributed by atoms with Gasteiger partial charge in [0.25, 0.3) is 0 Å². The molecule has 0 aromatic carbocycles. The Labute approximate surface area is 64.9 Å². The Morgan fingerprint density at radius 2 is 2.36 bits per heavy atom. The number of carboxylic acid groups (broad SMARTS) is 1. The third-order valence-corrected chi connectivity index (χ3v) is 1.11. The van der Waals surface area contributed by atoms with Crippen molar-refractivity contribution in [2.45, 2.75) is 5.54 Å². The average molecular weight is 154 g/mol. The first-order valence-electron chi connectivity index (χ1n) is 2.94. The van der Waals surface area contributed by atoms with E-state index in [9.17, 15) is 4.79 Å². The minimum Gasteiger partial charge on any atom is -0.479 e. The topological polar surface area (TPSA) is 89.3 Å². The number of carbonyl (C=O) groups is 1. The van der Waals surface area contributed by atoms with E-state index in [1.165, 1.54) is 12.2 Å². The molecule has 0 bridgehead atoms. The monoisotopic (exact) mass is 154 g/mol. The van der Waals surface area contributed by atoms with Crippen LogP contribution in [0.5, 0.6) is 0 Å². The van der Waals surface area contributed by atoms with E-state index in [0.29, 0.717) is 0 Å². The summed E-state index contributed by atoms with van der Waals surface area (Å²) in [4.78, 5) is 10.4. The number of hydrogen-bond acceptors (Lipinski definition) is 3. The van der Waals surface area contributed by atoms with E-state index >= 15 is 0 Å². The average Bonchev–Trinajstić information content (AvgIpc) is 2.00. The molecule has 0 fully saturated rings. The van der Waals surface area contributed by atoms with E-state index in [0.717, 1.165) is 0 Å². The van der Waals surface area contributed by atoms with Gasteiger partial charge in [0.2, 0.25) is 0 Å². The van der Waals surface area contributed by atoms with Crippen LogP contribution in [-0.4, -0.2) is 23.2 Å². The molecule has 5 N–H and O–H groups in total. The van der Waals surface area contributed by atoms with E-state index < -0.39 is 11.5 Å². The second kappa shape index (κ2) is 3.76. The van der Waals surface area contributed by atoms with Crippen molar-refractivity contribution in [3.05, 3.63) is 12.2 Å². The first kappa shape index (κ1) is 9.69. The van der Waals surface area contributed by atoms with E-state index in [1.807, 2.05) is 5.92 Å². The highest BCUT2D eigenvalue weighted by Crippen LogP contribution is 2.00. The van der Waals surface area contributed by atoms with Crippen LogP contribution in [0.3, 0.4) is 0 Å². The lowest BCUT2D eigenvalue weighted by atomic mass is 10.0. The zero-order chi connectivity index (χ0) is 8.91. The molecule has 4 nitrogen and oxygen atoms in total. The molecule has 11 heavy (non-hydrogen) atoms. The van der Waals surface area contributed by atoms with Gasteiger partial charge in [0.05, 0.1) is 0 Å². The molecule has 0 radical (unpaired) electrons. The van der Waals surface area contributed by atoms with Crippen molar-refractivity contribution in [1.29, 1.82) is 0 Å². The number of carboxylic acids is 1. The molecule has 1 atom stereocenters. The van der Waals surface area contributed by atoms with Gasteiger partial charge in [-0.05, 0) is 6.08 Å². The van der Waals surface area contributed by atoms with E-state index in [-0.39, 0.29) is 6.54 Å². The predicted molar refractivity (Wildman–Crippen MR) is 41.6 cm³/mol. The molecule has 4 heteroatoms. The minimum absolute atomic E-state index is 0.216. The summed E-state index contributed by atoms with van der Waals surface area (Å²) in [6.07, 6.45) is 7.50. The van der Waals surface area contributed by atoms with Crippen LogP contribution in [0.2, 0.25) is 0 Å². The Kier molecular flexibility index (Phi) is 3.31. The van der Waals surface area contributed by atoms with Gasteiger partial charge in [-0.1, -0.05) is 12.0 Å². The number of nitrogens with two attached hydrogens (primary N) is 2. The lowest BCUT2D eigenvalue weighted by Gasteiger charge is -2.11. The smallest absolute Gasteiger partial charge is 0.340 e. The molecule has 0 amide bonds. The SMILES string of the molecule is C#CC(N)(/C=C/CN)C(=O)O. The number of terminal acetylenes is 1. The summed E-state index contributed by atoms with van der Waals surface area (Å²) < 4.78 is 0. The lowest BCUT2D eigenvalue weighted by molar-refractivity contribution is -0.139. The van der Waals surface area contributed by atoms with Crippen LogP contribution < -0.4 is 11.5 Å². The van der Waals surface area contributed by atoms with Crippen LogP contribution in [0.25, 0.3) is 0 Å². The molecular weight excluding hydrogens is 144 g/mol. The third-order valence-electron chi connectivity index (χ3n) is 1.11.